The molecule has 2 rings (SSSR count). The van der Waals surface area contributed by atoms with Crippen LogP contribution in [0.25, 0.3) is 0 Å². The van der Waals surface area contributed by atoms with Crippen LogP contribution in [0.2, 0.25) is 0 Å². The maximum Gasteiger partial charge on any atom is 0.130 e. The molecule has 4 nitrogen and oxygen atoms in total. The number of aromatic nitrogens is 2. The fourth-order valence-electron chi connectivity index (χ4n) is 2.21. The van der Waals surface area contributed by atoms with E-state index in [1.54, 1.807) is 13.0 Å². The number of hydrogen-bond donors (Lipinski definition) is 1. The summed E-state index contributed by atoms with van der Waals surface area (Å²) in [6.45, 7) is 6.74. The van der Waals surface area contributed by atoms with Crippen molar-refractivity contribution < 1.29 is 14.2 Å². The highest BCUT2D eigenvalue weighted by Crippen LogP contribution is 2.26. The van der Waals surface area contributed by atoms with E-state index in [0.717, 1.165) is 24.4 Å². The van der Waals surface area contributed by atoms with Crippen molar-refractivity contribution in [2.24, 2.45) is 0 Å². The maximum atomic E-state index is 13.4. The van der Waals surface area contributed by atoms with Gasteiger partial charge in [-0.1, -0.05) is 6.92 Å². The summed E-state index contributed by atoms with van der Waals surface area (Å²) >= 11 is 0. The SMILES string of the molecule is CCc1cc(COc2cc(F)ccc2[C@H](C)O)n(CC)n1. The third-order valence-electron chi connectivity index (χ3n) is 3.38. The zero-order valence-electron chi connectivity index (χ0n) is 12.6. The first-order valence-electron chi connectivity index (χ1n) is 7.21. The molecule has 0 spiro atoms. The molecule has 0 bridgehead atoms. The summed E-state index contributed by atoms with van der Waals surface area (Å²) in [5.74, 6) is -0.0143. The molecule has 1 N–H and O–H groups in total. The van der Waals surface area contributed by atoms with E-state index >= 15 is 0 Å². The Bertz CT molecular complexity index is 608. The normalized spacial score (nSPS) is 12.4. The Morgan fingerprint density at radius 3 is 2.71 bits per heavy atom. The standard InChI is InChI=1S/C16H21FN2O2/c1-4-13-9-14(19(5-2)18-13)10-21-16-8-12(17)6-7-15(16)11(3)20/h6-9,11,20H,4-5,10H2,1-3H3/t11-/m0/s1. The molecule has 21 heavy (non-hydrogen) atoms. The Kier molecular flexibility index (Phi) is 4.96. The molecule has 0 aliphatic rings. The number of benzene rings is 1. The van der Waals surface area contributed by atoms with Gasteiger partial charge in [-0.05, 0) is 38.5 Å². The van der Waals surface area contributed by atoms with Crippen molar-refractivity contribution in [1.82, 2.24) is 9.78 Å². The van der Waals surface area contributed by atoms with Gasteiger partial charge in [-0.2, -0.15) is 5.10 Å². The van der Waals surface area contributed by atoms with Crippen molar-refractivity contribution in [3.8, 4) is 5.75 Å². The smallest absolute Gasteiger partial charge is 0.130 e. The van der Waals surface area contributed by atoms with E-state index < -0.39 is 6.10 Å². The topological polar surface area (TPSA) is 47.3 Å². The monoisotopic (exact) mass is 292 g/mol. The summed E-state index contributed by atoms with van der Waals surface area (Å²) < 4.78 is 20.9. The van der Waals surface area contributed by atoms with Crippen molar-refractivity contribution >= 4 is 0 Å². The first kappa shape index (κ1) is 15.5. The molecule has 0 aliphatic carbocycles. The molecule has 5 heteroatoms. The lowest BCUT2D eigenvalue weighted by atomic mass is 10.1. The molecular formula is C16H21FN2O2. The van der Waals surface area contributed by atoms with Crippen LogP contribution in [0, 0.1) is 5.82 Å². The Labute approximate surface area is 124 Å². The summed E-state index contributed by atoms with van der Waals surface area (Å²) in [6, 6.07) is 6.16. The van der Waals surface area contributed by atoms with Crippen LogP contribution in [0.15, 0.2) is 24.3 Å². The van der Waals surface area contributed by atoms with Crippen LogP contribution < -0.4 is 4.74 Å². The van der Waals surface area contributed by atoms with Gasteiger partial charge in [0.2, 0.25) is 0 Å². The van der Waals surface area contributed by atoms with Crippen LogP contribution >= 0.6 is 0 Å². The second-order valence-corrected chi connectivity index (χ2v) is 4.94. The van der Waals surface area contributed by atoms with Gasteiger partial charge in [0.1, 0.15) is 18.2 Å². The quantitative estimate of drug-likeness (QED) is 0.889. The highest BCUT2D eigenvalue weighted by Gasteiger charge is 2.12. The summed E-state index contributed by atoms with van der Waals surface area (Å²) in [4.78, 5) is 0. The lowest BCUT2D eigenvalue weighted by Crippen LogP contribution is -2.07. The van der Waals surface area contributed by atoms with Crippen molar-refractivity contribution in [1.29, 1.82) is 0 Å². The molecule has 114 valence electrons. The number of rotatable bonds is 6. The van der Waals surface area contributed by atoms with E-state index in [0.29, 0.717) is 17.9 Å². The lowest BCUT2D eigenvalue weighted by molar-refractivity contribution is 0.189. The lowest BCUT2D eigenvalue weighted by Gasteiger charge is -2.14. The van der Waals surface area contributed by atoms with Gasteiger partial charge in [-0.3, -0.25) is 4.68 Å². The molecule has 1 aromatic heterocycles. The number of aryl methyl sites for hydroxylation is 2. The highest BCUT2D eigenvalue weighted by atomic mass is 19.1. The number of aliphatic hydroxyl groups is 1. The largest absolute Gasteiger partial charge is 0.487 e. The second-order valence-electron chi connectivity index (χ2n) is 4.94. The molecule has 1 aromatic carbocycles. The second kappa shape index (κ2) is 6.72. The molecule has 1 atom stereocenters. The van der Waals surface area contributed by atoms with E-state index in [-0.39, 0.29) is 5.82 Å². The fourth-order valence-corrected chi connectivity index (χ4v) is 2.21. The zero-order chi connectivity index (χ0) is 15.4. The summed E-state index contributed by atoms with van der Waals surface area (Å²) in [7, 11) is 0. The van der Waals surface area contributed by atoms with Gasteiger partial charge in [-0.15, -0.1) is 0 Å². The first-order valence-corrected chi connectivity index (χ1v) is 7.21. The minimum Gasteiger partial charge on any atom is -0.487 e. The van der Waals surface area contributed by atoms with Crippen molar-refractivity contribution in [2.45, 2.75) is 46.4 Å². The number of ether oxygens (including phenoxy) is 1. The Hall–Kier alpha value is -1.88. The van der Waals surface area contributed by atoms with Gasteiger partial charge in [0, 0.05) is 18.2 Å². The van der Waals surface area contributed by atoms with Gasteiger partial charge >= 0.3 is 0 Å². The van der Waals surface area contributed by atoms with E-state index in [1.165, 1.54) is 12.1 Å². The van der Waals surface area contributed by atoms with Gasteiger partial charge in [0.15, 0.2) is 0 Å². The summed E-state index contributed by atoms with van der Waals surface area (Å²) in [5, 5.41) is 14.2. The number of halogens is 1. The number of nitrogens with zero attached hydrogens (tertiary/aromatic N) is 2. The minimum absolute atomic E-state index is 0.296. The van der Waals surface area contributed by atoms with Gasteiger partial charge in [0.25, 0.3) is 0 Å². The summed E-state index contributed by atoms with van der Waals surface area (Å²) in [6.07, 6.45) is 0.154. The van der Waals surface area contributed by atoms with E-state index in [9.17, 15) is 9.50 Å². The predicted octanol–water partition coefficient (Wildman–Crippen LogP) is 3.24. The van der Waals surface area contributed by atoms with Crippen LogP contribution in [0.4, 0.5) is 4.39 Å². The van der Waals surface area contributed by atoms with Crippen molar-refractivity contribution in [3.63, 3.8) is 0 Å². The molecule has 0 amide bonds. The van der Waals surface area contributed by atoms with Gasteiger partial charge in [0.05, 0.1) is 17.5 Å². The Morgan fingerprint density at radius 2 is 2.10 bits per heavy atom. The van der Waals surface area contributed by atoms with Crippen LogP contribution in [0.5, 0.6) is 5.75 Å². The molecule has 0 radical (unpaired) electrons. The van der Waals surface area contributed by atoms with Crippen LogP contribution in [0.1, 0.15) is 43.8 Å². The molecular weight excluding hydrogens is 271 g/mol. The Morgan fingerprint density at radius 1 is 1.33 bits per heavy atom. The Balaban J connectivity index is 2.19. The van der Waals surface area contributed by atoms with E-state index in [4.69, 9.17) is 4.74 Å². The average molecular weight is 292 g/mol. The highest BCUT2D eigenvalue weighted by molar-refractivity contribution is 5.35. The molecule has 0 fully saturated rings. The minimum atomic E-state index is -0.706. The van der Waals surface area contributed by atoms with Crippen molar-refractivity contribution in [2.75, 3.05) is 0 Å². The molecule has 0 saturated carbocycles. The van der Waals surface area contributed by atoms with Crippen molar-refractivity contribution in [3.05, 3.63) is 47.0 Å². The molecule has 0 saturated heterocycles. The average Bonchev–Trinajstić information content (AvgIpc) is 2.87. The zero-order valence-corrected chi connectivity index (χ0v) is 12.6. The van der Waals surface area contributed by atoms with E-state index in [1.807, 2.05) is 24.6 Å². The number of hydrogen-bond acceptors (Lipinski definition) is 3. The molecule has 0 unspecified atom stereocenters. The molecule has 1 heterocycles. The molecule has 0 aliphatic heterocycles. The molecule has 2 aromatic rings. The first-order chi connectivity index (χ1) is 10.0. The van der Waals surface area contributed by atoms with Crippen LogP contribution in [-0.2, 0) is 19.6 Å². The predicted molar refractivity (Wildman–Crippen MR) is 78.6 cm³/mol. The van der Waals surface area contributed by atoms with Crippen LogP contribution in [-0.4, -0.2) is 14.9 Å². The fraction of sp³-hybridized carbons (Fsp3) is 0.438. The third kappa shape index (κ3) is 3.61. The number of aliphatic hydroxyl groups excluding tert-OH is 1. The maximum absolute atomic E-state index is 13.4. The van der Waals surface area contributed by atoms with Gasteiger partial charge in [-0.25, -0.2) is 4.39 Å². The third-order valence-corrected chi connectivity index (χ3v) is 3.38. The van der Waals surface area contributed by atoms with E-state index in [2.05, 4.69) is 5.10 Å². The van der Waals surface area contributed by atoms with Gasteiger partial charge < -0.3 is 9.84 Å². The van der Waals surface area contributed by atoms with Crippen LogP contribution in [0.3, 0.4) is 0 Å². The summed E-state index contributed by atoms with van der Waals surface area (Å²) in [5.41, 5.74) is 2.52.